The molecule has 3 amide bonds. The van der Waals surface area contributed by atoms with Crippen molar-refractivity contribution in [1.29, 1.82) is 0 Å². The van der Waals surface area contributed by atoms with Crippen LogP contribution in [0, 0.1) is 5.92 Å². The number of rotatable bonds is 6. The lowest BCUT2D eigenvalue weighted by Crippen LogP contribution is -2.41. The maximum Gasteiger partial charge on any atom is 0.338 e. The smallest absolute Gasteiger partial charge is 0.338 e. The Labute approximate surface area is 247 Å². The zero-order chi connectivity index (χ0) is 28.9. The number of hydrogen-bond acceptors (Lipinski definition) is 8. The highest BCUT2D eigenvalue weighted by atomic mass is 35.5. The Kier molecular flexibility index (Phi) is 7.60. The summed E-state index contributed by atoms with van der Waals surface area (Å²) in [6, 6.07) is 10.7. The molecule has 1 fully saturated rings. The van der Waals surface area contributed by atoms with Crippen LogP contribution in [0.1, 0.15) is 36.0 Å². The number of anilines is 2. The maximum absolute atomic E-state index is 13.7. The molecule has 9 nitrogen and oxygen atoms in total. The summed E-state index contributed by atoms with van der Waals surface area (Å²) in [5, 5.41) is 3.02. The third-order valence-electron chi connectivity index (χ3n) is 6.85. The summed E-state index contributed by atoms with van der Waals surface area (Å²) in [6.45, 7) is 5.31. The SMILES string of the molecule is CCOC(=O)c1ccc(N2C(=O)[C@H]3Sc4c(sc(=O)n4CC(=O)Nc4ccc(Cl)c(Cl)c4)C(C)(C)[C@H]3C2=O)cc1. The minimum Gasteiger partial charge on any atom is -0.462 e. The fraction of sp³-hybridized carbons (Fsp3) is 0.296. The van der Waals surface area contributed by atoms with E-state index >= 15 is 0 Å². The second-order valence-electron chi connectivity index (χ2n) is 9.78. The second-order valence-corrected chi connectivity index (χ2v) is 12.7. The van der Waals surface area contributed by atoms with Crippen molar-refractivity contribution in [3.8, 4) is 0 Å². The first kappa shape index (κ1) is 28.4. The fourth-order valence-electron chi connectivity index (χ4n) is 4.90. The monoisotopic (exact) mass is 619 g/mol. The fourth-order valence-corrected chi connectivity index (χ4v) is 8.24. The van der Waals surface area contributed by atoms with Crippen LogP contribution in [0.15, 0.2) is 52.3 Å². The molecule has 3 aromatic rings. The van der Waals surface area contributed by atoms with Gasteiger partial charge in [-0.1, -0.05) is 60.1 Å². The number of hydrogen-bond donors (Lipinski definition) is 1. The number of nitrogens with zero attached hydrogens (tertiary/aromatic N) is 2. The third-order valence-corrected chi connectivity index (χ3v) is 10.4. The molecular formula is C27H23Cl2N3O6S2. The number of carbonyl (C=O) groups is 4. The number of amides is 3. The molecule has 0 spiro atoms. The van der Waals surface area contributed by atoms with Gasteiger partial charge in [0.15, 0.2) is 0 Å². The summed E-state index contributed by atoms with van der Waals surface area (Å²) in [5.74, 6) is -2.48. The summed E-state index contributed by atoms with van der Waals surface area (Å²) in [7, 11) is 0. The summed E-state index contributed by atoms with van der Waals surface area (Å²) < 4.78 is 6.34. The molecule has 1 saturated heterocycles. The highest BCUT2D eigenvalue weighted by Gasteiger charge is 2.59. The highest BCUT2D eigenvalue weighted by Crippen LogP contribution is 2.54. The van der Waals surface area contributed by atoms with Crippen molar-refractivity contribution in [3.63, 3.8) is 0 Å². The predicted molar refractivity (Wildman–Crippen MR) is 155 cm³/mol. The number of halogens is 2. The van der Waals surface area contributed by atoms with Gasteiger partial charge >= 0.3 is 10.8 Å². The van der Waals surface area contributed by atoms with Crippen LogP contribution in [-0.2, 0) is 31.1 Å². The normalized spacial score (nSPS) is 19.3. The molecule has 40 heavy (non-hydrogen) atoms. The molecule has 2 aliphatic heterocycles. The van der Waals surface area contributed by atoms with E-state index in [4.69, 9.17) is 27.9 Å². The summed E-state index contributed by atoms with van der Waals surface area (Å²) in [4.78, 5) is 66.6. The molecular weight excluding hydrogens is 597 g/mol. The Bertz CT molecular complexity index is 1620. The predicted octanol–water partition coefficient (Wildman–Crippen LogP) is 4.97. The number of carbonyl (C=O) groups excluding carboxylic acids is 4. The first-order valence-corrected chi connectivity index (χ1v) is 14.7. The molecule has 5 rings (SSSR count). The summed E-state index contributed by atoms with van der Waals surface area (Å²) in [5.41, 5.74) is 0.218. The third kappa shape index (κ3) is 4.85. The Morgan fingerprint density at radius 3 is 2.38 bits per heavy atom. The van der Waals surface area contributed by atoms with E-state index in [0.29, 0.717) is 31.9 Å². The van der Waals surface area contributed by atoms with Crippen molar-refractivity contribution in [2.75, 3.05) is 16.8 Å². The van der Waals surface area contributed by atoms with E-state index in [1.807, 2.05) is 13.8 Å². The van der Waals surface area contributed by atoms with Gasteiger partial charge in [-0.3, -0.25) is 23.7 Å². The molecule has 0 aliphatic carbocycles. The van der Waals surface area contributed by atoms with Gasteiger partial charge in [-0.05, 0) is 49.4 Å². The van der Waals surface area contributed by atoms with E-state index in [9.17, 15) is 24.0 Å². The maximum atomic E-state index is 13.7. The number of fused-ring (bicyclic) bond motifs is 2. The molecule has 3 heterocycles. The van der Waals surface area contributed by atoms with Gasteiger partial charge in [0.05, 0.1) is 38.8 Å². The molecule has 0 saturated carbocycles. The standard InChI is InChI=1S/C27H23Cl2N3O6S2/c1-4-38-25(36)13-5-8-15(9-6-13)32-22(34)19-20(23(32)35)39-24-21(27(19,2)3)40-26(37)31(24)12-18(33)30-14-7-10-16(28)17(29)11-14/h5-11,19-20H,4,12H2,1-3H3,(H,30,33)/t19-,20+/m1/s1. The first-order valence-electron chi connectivity index (χ1n) is 12.2. The number of thiazole rings is 1. The molecule has 1 aromatic heterocycles. The molecule has 2 atom stereocenters. The van der Waals surface area contributed by atoms with Crippen LogP contribution in [0.4, 0.5) is 11.4 Å². The van der Waals surface area contributed by atoms with Crippen LogP contribution < -0.4 is 15.1 Å². The van der Waals surface area contributed by atoms with E-state index in [-0.39, 0.29) is 29.0 Å². The van der Waals surface area contributed by atoms with Gasteiger partial charge in [-0.25, -0.2) is 9.69 Å². The quantitative estimate of drug-likeness (QED) is 0.306. The van der Waals surface area contributed by atoms with Crippen molar-refractivity contribution < 1.29 is 23.9 Å². The first-order chi connectivity index (χ1) is 18.9. The average molecular weight is 621 g/mol. The zero-order valence-electron chi connectivity index (χ0n) is 21.5. The molecule has 2 aliphatic rings. The van der Waals surface area contributed by atoms with Crippen molar-refractivity contribution in [3.05, 3.63) is 72.6 Å². The Morgan fingerprint density at radius 2 is 1.73 bits per heavy atom. The van der Waals surface area contributed by atoms with Crippen LogP contribution in [-0.4, -0.2) is 40.1 Å². The summed E-state index contributed by atoms with van der Waals surface area (Å²) in [6.07, 6.45) is 0. The minimum absolute atomic E-state index is 0.228. The Balaban J connectivity index is 1.42. The van der Waals surface area contributed by atoms with E-state index in [0.717, 1.165) is 28.0 Å². The average Bonchev–Trinajstić information content (AvgIpc) is 3.35. The van der Waals surface area contributed by atoms with Crippen molar-refractivity contribution in [2.24, 2.45) is 5.92 Å². The lowest BCUT2D eigenvalue weighted by Gasteiger charge is -2.36. The van der Waals surface area contributed by atoms with Gasteiger partial charge in [0.2, 0.25) is 17.7 Å². The zero-order valence-corrected chi connectivity index (χ0v) is 24.7. The van der Waals surface area contributed by atoms with E-state index in [2.05, 4.69) is 5.32 Å². The number of benzene rings is 2. The van der Waals surface area contributed by atoms with Gasteiger partial charge in [-0.15, -0.1) is 0 Å². The summed E-state index contributed by atoms with van der Waals surface area (Å²) >= 11 is 14.1. The Morgan fingerprint density at radius 1 is 1.02 bits per heavy atom. The molecule has 208 valence electrons. The van der Waals surface area contributed by atoms with E-state index in [1.54, 1.807) is 19.1 Å². The van der Waals surface area contributed by atoms with Crippen LogP contribution in [0.3, 0.4) is 0 Å². The lowest BCUT2D eigenvalue weighted by atomic mass is 9.76. The van der Waals surface area contributed by atoms with Crippen LogP contribution in [0.25, 0.3) is 0 Å². The highest BCUT2D eigenvalue weighted by molar-refractivity contribution is 8.00. The van der Waals surface area contributed by atoms with Crippen molar-refractivity contribution in [1.82, 2.24) is 4.57 Å². The van der Waals surface area contributed by atoms with Crippen LogP contribution in [0.5, 0.6) is 0 Å². The van der Waals surface area contributed by atoms with Crippen molar-refractivity contribution >= 4 is 81.4 Å². The second kappa shape index (κ2) is 10.7. The van der Waals surface area contributed by atoms with E-state index in [1.165, 1.54) is 34.9 Å². The van der Waals surface area contributed by atoms with E-state index < -0.39 is 34.4 Å². The molecule has 0 bridgehead atoms. The van der Waals surface area contributed by atoms with Crippen molar-refractivity contribution in [2.45, 2.75) is 43.0 Å². The molecule has 2 aromatic carbocycles. The van der Waals surface area contributed by atoms with Gasteiger partial charge in [0.1, 0.15) is 11.8 Å². The number of imide groups is 1. The number of ether oxygens (including phenoxy) is 1. The topological polar surface area (TPSA) is 115 Å². The number of nitrogens with one attached hydrogen (secondary N) is 1. The minimum atomic E-state index is -0.854. The Hall–Kier alpha value is -3.12. The van der Waals surface area contributed by atoms with Gasteiger partial charge < -0.3 is 10.1 Å². The van der Waals surface area contributed by atoms with Gasteiger partial charge in [0.25, 0.3) is 0 Å². The van der Waals surface area contributed by atoms with Crippen LogP contribution in [0.2, 0.25) is 10.0 Å². The molecule has 0 unspecified atom stereocenters. The molecule has 1 N–H and O–H groups in total. The van der Waals surface area contributed by atoms with Crippen LogP contribution >= 0.6 is 46.3 Å². The number of aromatic nitrogens is 1. The largest absolute Gasteiger partial charge is 0.462 e. The molecule has 0 radical (unpaired) electrons. The van der Waals surface area contributed by atoms with Gasteiger partial charge in [-0.2, -0.15) is 0 Å². The molecule has 13 heteroatoms. The number of thioether (sulfide) groups is 1. The van der Waals surface area contributed by atoms with Gasteiger partial charge in [0, 0.05) is 16.0 Å². The number of esters is 1. The lowest BCUT2D eigenvalue weighted by molar-refractivity contribution is -0.123.